The Labute approximate surface area is 132 Å². The molecule has 2 aromatic rings. The van der Waals surface area contributed by atoms with E-state index in [-0.39, 0.29) is 11.9 Å². The van der Waals surface area contributed by atoms with Crippen LogP contribution >= 0.6 is 11.3 Å². The molecule has 4 rings (SSSR count). The van der Waals surface area contributed by atoms with Crippen LogP contribution in [0.3, 0.4) is 0 Å². The summed E-state index contributed by atoms with van der Waals surface area (Å²) in [6.45, 7) is 3.70. The molecule has 0 N–H and O–H groups in total. The number of nitrogens with zero attached hydrogens (tertiary/aromatic N) is 4. The lowest BCUT2D eigenvalue weighted by atomic mass is 10.1. The molecule has 1 saturated heterocycles. The molecule has 0 aromatic carbocycles. The van der Waals surface area contributed by atoms with Gasteiger partial charge in [-0.1, -0.05) is 6.07 Å². The van der Waals surface area contributed by atoms with Gasteiger partial charge in [-0.3, -0.25) is 14.5 Å². The summed E-state index contributed by atoms with van der Waals surface area (Å²) in [6, 6.07) is 3.95. The fourth-order valence-corrected chi connectivity index (χ4v) is 3.84. The third-order valence-electron chi connectivity index (χ3n) is 4.14. The summed E-state index contributed by atoms with van der Waals surface area (Å²) >= 11 is 1.75. The second-order valence-corrected chi connectivity index (χ2v) is 6.72. The zero-order chi connectivity index (χ0) is 14.9. The lowest BCUT2D eigenvalue weighted by Crippen LogP contribution is -2.44. The second-order valence-electron chi connectivity index (χ2n) is 5.68. The monoisotopic (exact) mass is 318 g/mol. The van der Waals surface area contributed by atoms with Gasteiger partial charge in [0.05, 0.1) is 25.2 Å². The van der Waals surface area contributed by atoms with E-state index in [4.69, 9.17) is 4.84 Å². The molecule has 2 aliphatic rings. The molecule has 4 heterocycles. The maximum atomic E-state index is 12.7. The highest BCUT2D eigenvalue weighted by Crippen LogP contribution is 2.26. The van der Waals surface area contributed by atoms with Crippen molar-refractivity contribution in [3.8, 4) is 0 Å². The first-order valence-electron chi connectivity index (χ1n) is 7.51. The predicted molar refractivity (Wildman–Crippen MR) is 82.0 cm³/mol. The van der Waals surface area contributed by atoms with Crippen LogP contribution < -0.4 is 0 Å². The molecule has 7 heteroatoms. The van der Waals surface area contributed by atoms with Crippen LogP contribution in [0.2, 0.25) is 0 Å². The molecule has 1 atom stereocenters. The number of aromatic nitrogens is 2. The minimum Gasteiger partial charge on any atom is -0.319 e. The van der Waals surface area contributed by atoms with E-state index < -0.39 is 0 Å². The summed E-state index contributed by atoms with van der Waals surface area (Å²) in [5.41, 5.74) is 1.08. The van der Waals surface area contributed by atoms with Crippen molar-refractivity contribution >= 4 is 17.2 Å². The van der Waals surface area contributed by atoms with Gasteiger partial charge in [-0.05, 0) is 17.9 Å². The molecular formula is C15H18N4O2S. The SMILES string of the molecule is O=C([C@H]1CN(Cc2cccs2)Cc2cncn21)N1CCCO1. The van der Waals surface area contributed by atoms with Crippen LogP contribution in [0, 0.1) is 0 Å². The summed E-state index contributed by atoms with van der Waals surface area (Å²) < 4.78 is 1.99. The van der Waals surface area contributed by atoms with Crippen molar-refractivity contribution < 1.29 is 9.63 Å². The number of hydrogen-bond acceptors (Lipinski definition) is 5. The van der Waals surface area contributed by atoms with Gasteiger partial charge in [0.25, 0.3) is 5.91 Å². The summed E-state index contributed by atoms with van der Waals surface area (Å²) in [5.74, 6) is 0.0348. The van der Waals surface area contributed by atoms with E-state index in [1.165, 1.54) is 9.94 Å². The van der Waals surface area contributed by atoms with Gasteiger partial charge in [0.15, 0.2) is 0 Å². The van der Waals surface area contributed by atoms with E-state index in [9.17, 15) is 4.79 Å². The molecule has 1 fully saturated rings. The van der Waals surface area contributed by atoms with Crippen molar-refractivity contribution in [2.24, 2.45) is 0 Å². The zero-order valence-corrected chi connectivity index (χ0v) is 13.0. The number of hydrogen-bond donors (Lipinski definition) is 0. The van der Waals surface area contributed by atoms with Crippen molar-refractivity contribution in [3.63, 3.8) is 0 Å². The molecule has 22 heavy (non-hydrogen) atoms. The van der Waals surface area contributed by atoms with Gasteiger partial charge >= 0.3 is 0 Å². The third kappa shape index (κ3) is 2.55. The van der Waals surface area contributed by atoms with Gasteiger partial charge in [0, 0.05) is 30.7 Å². The van der Waals surface area contributed by atoms with Crippen LogP contribution in [0.1, 0.15) is 23.0 Å². The molecule has 0 saturated carbocycles. The number of imidazole rings is 1. The Morgan fingerprint density at radius 3 is 3.23 bits per heavy atom. The lowest BCUT2D eigenvalue weighted by molar-refractivity contribution is -0.173. The normalized spacial score (nSPS) is 22.0. The highest BCUT2D eigenvalue weighted by molar-refractivity contribution is 7.09. The fraction of sp³-hybridized carbons (Fsp3) is 0.467. The third-order valence-corrected chi connectivity index (χ3v) is 5.00. The highest BCUT2D eigenvalue weighted by Gasteiger charge is 2.34. The van der Waals surface area contributed by atoms with Crippen LogP contribution in [0.4, 0.5) is 0 Å². The first-order chi connectivity index (χ1) is 10.8. The van der Waals surface area contributed by atoms with Crippen LogP contribution in [-0.2, 0) is 22.7 Å². The number of carbonyl (C=O) groups is 1. The molecule has 6 nitrogen and oxygen atoms in total. The summed E-state index contributed by atoms with van der Waals surface area (Å²) in [7, 11) is 0. The molecule has 0 unspecified atom stereocenters. The minimum absolute atomic E-state index is 0.0348. The first kappa shape index (κ1) is 13.9. The topological polar surface area (TPSA) is 50.6 Å². The van der Waals surface area contributed by atoms with E-state index in [0.717, 1.165) is 25.2 Å². The number of rotatable bonds is 3. The van der Waals surface area contributed by atoms with E-state index in [1.807, 2.05) is 10.8 Å². The Hall–Kier alpha value is -1.70. The van der Waals surface area contributed by atoms with Crippen molar-refractivity contribution in [1.82, 2.24) is 19.5 Å². The average Bonchev–Trinajstić information content (AvgIpc) is 3.27. The largest absolute Gasteiger partial charge is 0.319 e. The summed E-state index contributed by atoms with van der Waals surface area (Å²) in [4.78, 5) is 26.0. The predicted octanol–water partition coefficient (Wildman–Crippen LogP) is 1.67. The number of carbonyl (C=O) groups excluding carboxylic acids is 1. The Morgan fingerprint density at radius 1 is 1.50 bits per heavy atom. The first-order valence-corrected chi connectivity index (χ1v) is 8.39. The van der Waals surface area contributed by atoms with E-state index in [1.54, 1.807) is 17.7 Å². The number of fused-ring (bicyclic) bond motifs is 1. The van der Waals surface area contributed by atoms with E-state index in [0.29, 0.717) is 19.7 Å². The summed E-state index contributed by atoms with van der Waals surface area (Å²) in [6.07, 6.45) is 4.52. The molecule has 0 bridgehead atoms. The molecular weight excluding hydrogens is 300 g/mol. The molecule has 2 aliphatic heterocycles. The molecule has 116 valence electrons. The van der Waals surface area contributed by atoms with Crippen LogP contribution in [0.15, 0.2) is 30.0 Å². The van der Waals surface area contributed by atoms with Gasteiger partial charge in [-0.2, -0.15) is 0 Å². The van der Waals surface area contributed by atoms with Gasteiger partial charge in [-0.15, -0.1) is 11.3 Å². The number of amides is 1. The van der Waals surface area contributed by atoms with Crippen molar-refractivity contribution in [1.29, 1.82) is 0 Å². The lowest BCUT2D eigenvalue weighted by Gasteiger charge is -2.34. The van der Waals surface area contributed by atoms with Gasteiger partial charge in [0.1, 0.15) is 6.04 Å². The molecule has 2 aromatic heterocycles. The molecule has 0 radical (unpaired) electrons. The van der Waals surface area contributed by atoms with Gasteiger partial charge < -0.3 is 4.57 Å². The average molecular weight is 318 g/mol. The molecule has 0 aliphatic carbocycles. The van der Waals surface area contributed by atoms with Crippen LogP contribution in [0.5, 0.6) is 0 Å². The maximum absolute atomic E-state index is 12.7. The zero-order valence-electron chi connectivity index (χ0n) is 12.2. The van der Waals surface area contributed by atoms with Crippen molar-refractivity contribution in [2.45, 2.75) is 25.6 Å². The quantitative estimate of drug-likeness (QED) is 0.864. The standard InChI is InChI=1S/C15H18N4O2S/c20-15(19-4-2-5-21-19)14-10-17(9-13-3-1-6-22-13)8-12-7-16-11-18(12)14/h1,3,6-7,11,14H,2,4-5,8-10H2/t14-/m1/s1. The van der Waals surface area contributed by atoms with Crippen LogP contribution in [0.25, 0.3) is 0 Å². The number of hydroxylamine groups is 2. The van der Waals surface area contributed by atoms with Gasteiger partial charge in [0.2, 0.25) is 0 Å². The minimum atomic E-state index is -0.246. The van der Waals surface area contributed by atoms with Gasteiger partial charge in [-0.25, -0.2) is 10.0 Å². The molecule has 1 amide bonds. The summed E-state index contributed by atoms with van der Waals surface area (Å²) in [5, 5.41) is 3.60. The number of thiophene rings is 1. The maximum Gasteiger partial charge on any atom is 0.270 e. The van der Waals surface area contributed by atoms with Crippen LogP contribution in [-0.4, -0.2) is 45.1 Å². The van der Waals surface area contributed by atoms with Crippen molar-refractivity contribution in [3.05, 3.63) is 40.6 Å². The Bertz CT molecular complexity index is 648. The Kier molecular flexibility index (Phi) is 3.69. The van der Waals surface area contributed by atoms with E-state index in [2.05, 4.69) is 27.4 Å². The Balaban J connectivity index is 1.56. The smallest absolute Gasteiger partial charge is 0.270 e. The fourth-order valence-electron chi connectivity index (χ4n) is 3.09. The second kappa shape index (κ2) is 5.83. The Morgan fingerprint density at radius 2 is 2.45 bits per heavy atom. The van der Waals surface area contributed by atoms with Crippen molar-refractivity contribution in [2.75, 3.05) is 19.7 Å². The molecule has 0 spiro atoms. The highest BCUT2D eigenvalue weighted by atomic mass is 32.1. The van der Waals surface area contributed by atoms with E-state index >= 15 is 0 Å².